The van der Waals surface area contributed by atoms with E-state index < -0.39 is 21.3 Å². The number of aromatic amines is 1. The highest BCUT2D eigenvalue weighted by molar-refractivity contribution is 7.86. The van der Waals surface area contributed by atoms with Crippen molar-refractivity contribution in [2.75, 3.05) is 5.88 Å². The van der Waals surface area contributed by atoms with Gasteiger partial charge in [-0.3, -0.25) is 9.35 Å². The lowest BCUT2D eigenvalue weighted by atomic mass is 10.3. The zero-order valence-corrected chi connectivity index (χ0v) is 10.2. The van der Waals surface area contributed by atoms with Gasteiger partial charge in [-0.1, -0.05) is 6.08 Å². The number of amides is 1. The lowest BCUT2D eigenvalue weighted by Crippen LogP contribution is -2.28. The molecular formula is C9H11ClN2O4S. The van der Waals surface area contributed by atoms with Crippen molar-refractivity contribution in [2.45, 2.75) is 5.25 Å². The van der Waals surface area contributed by atoms with Gasteiger partial charge in [0.1, 0.15) is 0 Å². The van der Waals surface area contributed by atoms with Crippen molar-refractivity contribution in [3.8, 4) is 0 Å². The molecule has 17 heavy (non-hydrogen) atoms. The molecule has 6 nitrogen and oxygen atoms in total. The number of aromatic nitrogens is 1. The van der Waals surface area contributed by atoms with Crippen LogP contribution in [0.4, 0.5) is 0 Å². The second-order valence-corrected chi connectivity index (χ2v) is 5.03. The average Bonchev–Trinajstić information content (AvgIpc) is 2.60. The van der Waals surface area contributed by atoms with Crippen LogP contribution in [0.5, 0.6) is 0 Å². The number of hydrogen-bond acceptors (Lipinski definition) is 3. The fourth-order valence-electron chi connectivity index (χ4n) is 1.31. The van der Waals surface area contributed by atoms with E-state index in [1.165, 1.54) is 6.07 Å². The molecule has 0 saturated heterocycles. The van der Waals surface area contributed by atoms with E-state index in [4.69, 9.17) is 21.9 Å². The lowest BCUT2D eigenvalue weighted by Gasteiger charge is -2.07. The summed E-state index contributed by atoms with van der Waals surface area (Å²) < 4.78 is 30.9. The van der Waals surface area contributed by atoms with Crippen LogP contribution in [0.15, 0.2) is 18.2 Å². The number of nitrogens with one attached hydrogen (secondary N) is 1. The predicted octanol–water partition coefficient (Wildman–Crippen LogP) is 0.681. The van der Waals surface area contributed by atoms with E-state index in [0.717, 1.165) is 0 Å². The first-order chi connectivity index (χ1) is 7.86. The number of halogens is 1. The minimum Gasteiger partial charge on any atom is -0.368 e. The Hall–Kier alpha value is -1.31. The number of rotatable bonds is 5. The van der Waals surface area contributed by atoms with Crippen molar-refractivity contribution < 1.29 is 17.8 Å². The van der Waals surface area contributed by atoms with Gasteiger partial charge in [-0.05, 0) is 18.2 Å². The Morgan fingerprint density at radius 1 is 1.59 bits per heavy atom. The Labute approximate surface area is 103 Å². The van der Waals surface area contributed by atoms with E-state index in [2.05, 4.69) is 4.98 Å². The first-order valence-corrected chi connectivity index (χ1v) is 6.57. The van der Waals surface area contributed by atoms with Gasteiger partial charge in [-0.2, -0.15) is 8.42 Å². The van der Waals surface area contributed by atoms with E-state index in [0.29, 0.717) is 11.6 Å². The Balaban J connectivity index is 3.10. The molecular weight excluding hydrogens is 268 g/mol. The van der Waals surface area contributed by atoms with Crippen LogP contribution in [0.3, 0.4) is 0 Å². The third kappa shape index (κ3) is 3.58. The number of alkyl halides is 1. The Morgan fingerprint density at radius 3 is 2.71 bits per heavy atom. The summed E-state index contributed by atoms with van der Waals surface area (Å²) in [5.41, 5.74) is 5.49. The van der Waals surface area contributed by atoms with Gasteiger partial charge in [0.05, 0.1) is 0 Å². The summed E-state index contributed by atoms with van der Waals surface area (Å²) in [4.78, 5) is 13.6. The highest BCUT2D eigenvalue weighted by Gasteiger charge is 2.32. The maximum Gasteiger partial charge on any atom is 0.282 e. The molecule has 0 saturated carbocycles. The molecule has 0 aliphatic carbocycles. The maximum atomic E-state index is 11.0. The van der Waals surface area contributed by atoms with Gasteiger partial charge in [0.2, 0.25) is 11.2 Å². The van der Waals surface area contributed by atoms with Crippen molar-refractivity contribution in [3.05, 3.63) is 29.6 Å². The average molecular weight is 279 g/mol. The number of carbonyl (C=O) groups excluding carboxylic acids is 1. The van der Waals surface area contributed by atoms with Gasteiger partial charge >= 0.3 is 0 Å². The Morgan fingerprint density at radius 2 is 2.24 bits per heavy atom. The Kier molecular flexibility index (Phi) is 4.33. The van der Waals surface area contributed by atoms with Crippen molar-refractivity contribution >= 4 is 33.7 Å². The molecule has 1 aromatic heterocycles. The second-order valence-electron chi connectivity index (χ2n) is 3.22. The van der Waals surface area contributed by atoms with Gasteiger partial charge in [0.25, 0.3) is 10.1 Å². The SMILES string of the molecule is NC(=O)C(c1ccc(/C=C\CCl)[nH]1)S(=O)(=O)O. The lowest BCUT2D eigenvalue weighted by molar-refractivity contribution is -0.117. The van der Waals surface area contributed by atoms with Gasteiger partial charge < -0.3 is 10.7 Å². The zero-order valence-electron chi connectivity index (χ0n) is 8.63. The minimum atomic E-state index is -4.58. The van der Waals surface area contributed by atoms with Gasteiger partial charge in [-0.15, -0.1) is 11.6 Å². The molecule has 0 aromatic carbocycles. The molecule has 0 aliphatic rings. The van der Waals surface area contributed by atoms with Gasteiger partial charge in [-0.25, -0.2) is 0 Å². The number of carbonyl (C=O) groups is 1. The highest BCUT2D eigenvalue weighted by Crippen LogP contribution is 2.20. The van der Waals surface area contributed by atoms with E-state index in [9.17, 15) is 13.2 Å². The molecule has 1 aromatic rings. The van der Waals surface area contributed by atoms with E-state index in [1.54, 1.807) is 18.2 Å². The summed E-state index contributed by atoms with van der Waals surface area (Å²) in [5.74, 6) is -0.853. The largest absolute Gasteiger partial charge is 0.368 e. The minimum absolute atomic E-state index is 0.00854. The van der Waals surface area contributed by atoms with E-state index in [1.807, 2.05) is 0 Å². The van der Waals surface area contributed by atoms with E-state index >= 15 is 0 Å². The molecule has 1 heterocycles. The standard InChI is InChI=1S/C9H11ClN2O4S/c10-5-1-2-6-3-4-7(12-6)8(9(11)13)17(14,15)16/h1-4,8,12H,5H2,(H2,11,13)(H,14,15,16)/b2-1-. The van der Waals surface area contributed by atoms with Gasteiger partial charge in [0.15, 0.2) is 0 Å². The van der Waals surface area contributed by atoms with Crippen LogP contribution in [-0.4, -0.2) is 29.7 Å². The van der Waals surface area contributed by atoms with Crippen LogP contribution < -0.4 is 5.73 Å². The van der Waals surface area contributed by atoms with Crippen molar-refractivity contribution in [2.24, 2.45) is 5.73 Å². The third-order valence-corrected chi connectivity index (χ3v) is 3.22. The summed E-state index contributed by atoms with van der Waals surface area (Å²) in [7, 11) is -4.58. The molecule has 1 unspecified atom stereocenters. The maximum absolute atomic E-state index is 11.0. The Bertz CT molecular complexity index is 535. The first-order valence-electron chi connectivity index (χ1n) is 4.53. The van der Waals surface area contributed by atoms with Crippen LogP contribution in [0.1, 0.15) is 16.6 Å². The molecule has 0 spiro atoms. The highest BCUT2D eigenvalue weighted by atomic mass is 35.5. The molecule has 8 heteroatoms. The summed E-state index contributed by atoms with van der Waals surface area (Å²) in [6, 6.07) is 2.90. The first kappa shape index (κ1) is 13.8. The normalized spacial score (nSPS) is 14.0. The fraction of sp³-hybridized carbons (Fsp3) is 0.222. The third-order valence-electron chi connectivity index (χ3n) is 1.96. The molecule has 0 fully saturated rings. The van der Waals surface area contributed by atoms with E-state index in [-0.39, 0.29) is 5.69 Å². The number of allylic oxidation sites excluding steroid dienone is 1. The summed E-state index contributed by atoms with van der Waals surface area (Å²) in [6.07, 6.45) is 3.24. The van der Waals surface area contributed by atoms with Crippen molar-refractivity contribution in [1.82, 2.24) is 4.98 Å². The number of nitrogens with two attached hydrogens (primary N) is 1. The van der Waals surface area contributed by atoms with Crippen LogP contribution in [0.2, 0.25) is 0 Å². The summed E-state index contributed by atoms with van der Waals surface area (Å²) in [6.45, 7) is 0. The quantitative estimate of drug-likeness (QED) is 0.543. The number of H-pyrrole nitrogens is 1. The summed E-state index contributed by atoms with van der Waals surface area (Å²) in [5, 5.41) is -1.79. The number of hydrogen-bond donors (Lipinski definition) is 3. The molecule has 1 amide bonds. The monoisotopic (exact) mass is 278 g/mol. The van der Waals surface area contributed by atoms with Gasteiger partial charge in [0, 0.05) is 17.3 Å². The smallest absolute Gasteiger partial charge is 0.282 e. The van der Waals surface area contributed by atoms with Crippen molar-refractivity contribution in [3.63, 3.8) is 0 Å². The van der Waals surface area contributed by atoms with Crippen molar-refractivity contribution in [1.29, 1.82) is 0 Å². The topological polar surface area (TPSA) is 113 Å². The number of primary amides is 1. The molecule has 0 aliphatic heterocycles. The zero-order chi connectivity index (χ0) is 13.1. The van der Waals surface area contributed by atoms with Crippen LogP contribution in [0, 0.1) is 0 Å². The van der Waals surface area contributed by atoms with Crippen LogP contribution >= 0.6 is 11.6 Å². The molecule has 0 bridgehead atoms. The molecule has 4 N–H and O–H groups in total. The molecule has 94 valence electrons. The molecule has 0 radical (unpaired) electrons. The fourth-order valence-corrected chi connectivity index (χ4v) is 2.15. The van der Waals surface area contributed by atoms with Crippen LogP contribution in [0.25, 0.3) is 6.08 Å². The summed E-state index contributed by atoms with van der Waals surface area (Å²) >= 11 is 5.43. The van der Waals surface area contributed by atoms with Crippen LogP contribution in [-0.2, 0) is 14.9 Å². The predicted molar refractivity (Wildman–Crippen MR) is 64.0 cm³/mol. The molecule has 1 atom stereocenters. The second kappa shape index (κ2) is 5.35. The molecule has 1 rings (SSSR count).